The number of benzene rings is 3. The number of fused-ring (bicyclic) bond motifs is 8. The summed E-state index contributed by atoms with van der Waals surface area (Å²) in [5, 5.41) is 23.6. The number of rotatable bonds is 8. The summed E-state index contributed by atoms with van der Waals surface area (Å²) in [7, 11) is 0. The van der Waals surface area contributed by atoms with E-state index in [1.807, 2.05) is 19.9 Å². The zero-order chi connectivity index (χ0) is 39.5. The molecule has 292 valence electrons. The van der Waals surface area contributed by atoms with Gasteiger partial charge in [-0.3, -0.25) is 4.79 Å². The van der Waals surface area contributed by atoms with Crippen LogP contribution in [0, 0.1) is 5.41 Å². The highest BCUT2D eigenvalue weighted by Crippen LogP contribution is 2.59. The first-order valence-corrected chi connectivity index (χ1v) is 18.0. The van der Waals surface area contributed by atoms with Gasteiger partial charge in [0.05, 0.1) is 30.4 Å². The zero-order valence-corrected chi connectivity index (χ0v) is 30.4. The van der Waals surface area contributed by atoms with Crippen LogP contribution in [0.2, 0.25) is 0 Å². The van der Waals surface area contributed by atoms with Crippen molar-refractivity contribution in [3.8, 4) is 5.75 Å². The molecule has 4 atom stereocenters. The fourth-order valence-corrected chi connectivity index (χ4v) is 7.92. The highest BCUT2D eigenvalue weighted by molar-refractivity contribution is 6.10. The lowest BCUT2D eigenvalue weighted by atomic mass is 9.64. The number of amides is 1. The van der Waals surface area contributed by atoms with E-state index in [0.29, 0.717) is 48.8 Å². The molecule has 1 fully saturated rings. The summed E-state index contributed by atoms with van der Waals surface area (Å²) < 4.78 is 88.8. The first-order chi connectivity index (χ1) is 25.3. The molecule has 0 unspecified atom stereocenters. The molecular weight excluding hydrogens is 716 g/mol. The van der Waals surface area contributed by atoms with Crippen molar-refractivity contribution in [2.24, 2.45) is 5.41 Å². The fourth-order valence-electron chi connectivity index (χ4n) is 7.92. The minimum absolute atomic E-state index is 0.0259. The third-order valence-corrected chi connectivity index (χ3v) is 10.9. The maximum absolute atomic E-state index is 14.3. The molecule has 0 aliphatic heterocycles. The minimum atomic E-state index is -4.88. The molecule has 0 heterocycles. The Hall–Kier alpha value is -4.36. The Morgan fingerprint density at radius 3 is 2.35 bits per heavy atom. The van der Waals surface area contributed by atoms with Crippen molar-refractivity contribution in [1.29, 1.82) is 0 Å². The summed E-state index contributed by atoms with van der Waals surface area (Å²) in [6, 6.07) is 14.5. The number of hydrogen-bond acceptors (Lipinski definition) is 6. The van der Waals surface area contributed by atoms with Gasteiger partial charge in [-0.25, -0.2) is 4.79 Å². The third kappa shape index (κ3) is 9.46. The number of nitrogens with zero attached hydrogens (tertiary/aromatic N) is 1. The Labute approximate surface area is 310 Å². The molecule has 3 aliphatic rings. The SMILES string of the molecule is CCOC(=O)N(Cc1ccc(OC(F)(F)F)cc1)C[C@]1(O)CC[C@H]2c3ccc(cc3C(=O)c3cccc(C(F)(F)F)c3)C[C@@H](O)CCC(C)=CCC[C@@]21C. The second-order valence-electron chi connectivity index (χ2n) is 14.6. The van der Waals surface area contributed by atoms with E-state index < -0.39 is 58.8 Å². The first kappa shape index (κ1) is 40.8. The lowest BCUT2D eigenvalue weighted by Crippen LogP contribution is -2.53. The fraction of sp³-hybridized carbons (Fsp3) is 0.463. The highest BCUT2D eigenvalue weighted by atomic mass is 19.4. The van der Waals surface area contributed by atoms with Crippen LogP contribution in [0.25, 0.3) is 0 Å². The molecule has 0 saturated heterocycles. The van der Waals surface area contributed by atoms with Crippen molar-refractivity contribution in [3.63, 3.8) is 0 Å². The van der Waals surface area contributed by atoms with Crippen molar-refractivity contribution >= 4 is 11.9 Å². The first-order valence-electron chi connectivity index (χ1n) is 18.0. The van der Waals surface area contributed by atoms with Crippen LogP contribution in [0.4, 0.5) is 31.1 Å². The van der Waals surface area contributed by atoms with Gasteiger partial charge in [-0.1, -0.05) is 55.0 Å². The molecule has 1 amide bonds. The number of aliphatic hydroxyl groups excluding tert-OH is 1. The van der Waals surface area contributed by atoms with E-state index in [1.54, 1.807) is 25.1 Å². The maximum Gasteiger partial charge on any atom is 0.573 e. The van der Waals surface area contributed by atoms with Gasteiger partial charge in [0.15, 0.2) is 5.78 Å². The largest absolute Gasteiger partial charge is 0.573 e. The Balaban J connectivity index is 1.57. The summed E-state index contributed by atoms with van der Waals surface area (Å²) in [5.74, 6) is -1.55. The third-order valence-electron chi connectivity index (χ3n) is 10.9. The van der Waals surface area contributed by atoms with E-state index in [0.717, 1.165) is 29.8 Å². The number of carbonyl (C=O) groups excluding carboxylic acids is 2. The topological polar surface area (TPSA) is 96.3 Å². The standard InChI is InChI=1S/C41H45F6NO6/c1-4-53-37(51)48(24-27-11-15-32(16-12-27)54-41(45,46)47)25-39(52)20-18-35-33-17-13-28(21-31(49)14-10-26(2)7-6-19-38(35,39)3)22-34(33)36(50)29-8-5-9-30(23-29)40(42,43)44/h5,7-9,11-13,15-17,22-23,31,35,49,52H,4,6,10,14,18-21,24-25H2,1-3H3/t31-,35-,38-,39+/m0/s1. The molecule has 7 nitrogen and oxygen atoms in total. The molecule has 3 aromatic carbocycles. The van der Waals surface area contributed by atoms with Crippen LogP contribution in [0.5, 0.6) is 5.75 Å². The Morgan fingerprint density at radius 1 is 0.963 bits per heavy atom. The number of aliphatic hydroxyl groups is 2. The van der Waals surface area contributed by atoms with Crippen LogP contribution in [-0.2, 0) is 23.9 Å². The molecule has 6 rings (SSSR count). The van der Waals surface area contributed by atoms with Gasteiger partial charge in [-0.2, -0.15) is 13.2 Å². The van der Waals surface area contributed by atoms with Gasteiger partial charge in [0.1, 0.15) is 5.75 Å². The summed E-state index contributed by atoms with van der Waals surface area (Å²) in [6.45, 7) is 5.18. The number of alkyl halides is 6. The molecule has 0 aromatic heterocycles. The van der Waals surface area contributed by atoms with E-state index in [-0.39, 0.29) is 43.7 Å². The van der Waals surface area contributed by atoms with E-state index in [1.165, 1.54) is 29.2 Å². The van der Waals surface area contributed by atoms with Gasteiger partial charge in [-0.05, 0) is 112 Å². The van der Waals surface area contributed by atoms with Crippen molar-refractivity contribution in [3.05, 3.63) is 112 Å². The van der Waals surface area contributed by atoms with Gasteiger partial charge in [0.25, 0.3) is 0 Å². The molecule has 54 heavy (non-hydrogen) atoms. The normalized spacial score (nSPS) is 23.6. The molecule has 3 aromatic rings. The highest BCUT2D eigenvalue weighted by Gasteiger charge is 2.58. The van der Waals surface area contributed by atoms with Crippen molar-refractivity contribution < 1.29 is 55.6 Å². The van der Waals surface area contributed by atoms with Gasteiger partial charge in [0, 0.05) is 23.1 Å². The Bertz CT molecular complexity index is 1840. The number of carbonyl (C=O) groups is 2. The van der Waals surface area contributed by atoms with Crippen LogP contribution in [0.3, 0.4) is 0 Å². The number of ether oxygens (including phenoxy) is 2. The summed E-state index contributed by atoms with van der Waals surface area (Å²) in [4.78, 5) is 29.0. The van der Waals surface area contributed by atoms with E-state index >= 15 is 0 Å². The summed E-state index contributed by atoms with van der Waals surface area (Å²) in [6.07, 6.45) is -6.25. The average Bonchev–Trinajstić information content (AvgIpc) is 3.35. The molecule has 13 heteroatoms. The smallest absolute Gasteiger partial charge is 0.450 e. The molecule has 0 spiro atoms. The number of halogens is 6. The van der Waals surface area contributed by atoms with Gasteiger partial charge >= 0.3 is 18.6 Å². The average molecular weight is 762 g/mol. The van der Waals surface area contributed by atoms with Gasteiger partial charge in [-0.15, -0.1) is 13.2 Å². The number of allylic oxidation sites excluding steroid dienone is 2. The summed E-state index contributed by atoms with van der Waals surface area (Å²) >= 11 is 0. The predicted octanol–water partition coefficient (Wildman–Crippen LogP) is 9.53. The Morgan fingerprint density at radius 2 is 1.69 bits per heavy atom. The van der Waals surface area contributed by atoms with E-state index in [2.05, 4.69) is 4.74 Å². The van der Waals surface area contributed by atoms with Crippen LogP contribution in [0.15, 0.2) is 78.4 Å². The monoisotopic (exact) mass is 761 g/mol. The van der Waals surface area contributed by atoms with E-state index in [9.17, 15) is 46.1 Å². The Kier molecular flexibility index (Phi) is 12.2. The second-order valence-corrected chi connectivity index (χ2v) is 14.6. The summed E-state index contributed by atoms with van der Waals surface area (Å²) in [5.41, 5.74) is -0.853. The van der Waals surface area contributed by atoms with Crippen molar-refractivity contribution in [2.45, 2.75) is 102 Å². The van der Waals surface area contributed by atoms with Crippen molar-refractivity contribution in [1.82, 2.24) is 4.90 Å². The second kappa shape index (κ2) is 16.2. The van der Waals surface area contributed by atoms with Gasteiger partial charge < -0.3 is 24.6 Å². The van der Waals surface area contributed by atoms with Crippen molar-refractivity contribution in [2.75, 3.05) is 13.2 Å². The molecule has 1 saturated carbocycles. The molecule has 3 aliphatic carbocycles. The zero-order valence-electron chi connectivity index (χ0n) is 30.4. The van der Waals surface area contributed by atoms with Crippen LogP contribution < -0.4 is 4.74 Å². The van der Waals surface area contributed by atoms with Gasteiger partial charge in [0.2, 0.25) is 0 Å². The molecule has 0 radical (unpaired) electrons. The molecule has 2 bridgehead atoms. The number of hydrogen-bond donors (Lipinski definition) is 2. The number of ketones is 1. The quantitative estimate of drug-likeness (QED) is 0.135. The van der Waals surface area contributed by atoms with Crippen LogP contribution in [0.1, 0.15) is 103 Å². The lowest BCUT2D eigenvalue weighted by Gasteiger charge is -2.46. The maximum atomic E-state index is 14.3. The van der Waals surface area contributed by atoms with Crippen LogP contribution in [-0.4, -0.2) is 58.2 Å². The lowest BCUT2D eigenvalue weighted by molar-refractivity contribution is -0.274. The van der Waals surface area contributed by atoms with E-state index in [4.69, 9.17) is 4.74 Å². The molecular formula is C41H45F6NO6. The minimum Gasteiger partial charge on any atom is -0.450 e. The van der Waals surface area contributed by atoms with Crippen LogP contribution >= 0.6 is 0 Å². The molecule has 2 N–H and O–H groups in total. The predicted molar refractivity (Wildman–Crippen MR) is 189 cm³/mol.